The number of ether oxygens (including phenoxy) is 1. The number of anilines is 1. The van der Waals surface area contributed by atoms with E-state index in [1.54, 1.807) is 13.2 Å². The highest BCUT2D eigenvalue weighted by Crippen LogP contribution is 2.34. The van der Waals surface area contributed by atoms with Gasteiger partial charge in [0.05, 0.1) is 18.2 Å². The lowest BCUT2D eigenvalue weighted by molar-refractivity contribution is 0.415. The van der Waals surface area contributed by atoms with Gasteiger partial charge in [0.2, 0.25) is 0 Å². The van der Waals surface area contributed by atoms with E-state index in [9.17, 15) is 5.11 Å². The number of hydrogen-bond acceptors (Lipinski definition) is 6. The second-order valence-corrected chi connectivity index (χ2v) is 7.43. The van der Waals surface area contributed by atoms with Gasteiger partial charge in [0.1, 0.15) is 17.3 Å². The van der Waals surface area contributed by atoms with Crippen LogP contribution >= 0.6 is 0 Å². The van der Waals surface area contributed by atoms with Gasteiger partial charge >= 0.3 is 0 Å². The Morgan fingerprint density at radius 1 is 1.00 bits per heavy atom. The average Bonchev–Trinajstić information content (AvgIpc) is 2.82. The van der Waals surface area contributed by atoms with E-state index in [0.29, 0.717) is 23.8 Å². The largest absolute Gasteiger partial charge is 0.507 e. The number of benzene rings is 3. The summed E-state index contributed by atoms with van der Waals surface area (Å²) in [5, 5.41) is 14.9. The van der Waals surface area contributed by atoms with Gasteiger partial charge in [0.15, 0.2) is 5.82 Å². The summed E-state index contributed by atoms with van der Waals surface area (Å²) >= 11 is 0. The zero-order valence-electron chi connectivity index (χ0n) is 17.7. The average molecular weight is 415 g/mol. The molecular formula is C25H26N4O2. The molecule has 1 aromatic heterocycles. The summed E-state index contributed by atoms with van der Waals surface area (Å²) in [6.07, 6.45) is 0.867. The van der Waals surface area contributed by atoms with E-state index in [2.05, 4.69) is 12.2 Å². The molecule has 158 valence electrons. The van der Waals surface area contributed by atoms with Crippen molar-refractivity contribution in [3.63, 3.8) is 0 Å². The van der Waals surface area contributed by atoms with E-state index in [1.165, 1.54) is 0 Å². The van der Waals surface area contributed by atoms with E-state index in [-0.39, 0.29) is 11.8 Å². The van der Waals surface area contributed by atoms with E-state index < -0.39 is 0 Å². The summed E-state index contributed by atoms with van der Waals surface area (Å²) in [4.78, 5) is 9.46. The Hall–Kier alpha value is -3.64. The maximum Gasteiger partial charge on any atom is 0.165 e. The molecule has 0 saturated heterocycles. The maximum atomic E-state index is 10.6. The monoisotopic (exact) mass is 414 g/mol. The molecule has 1 unspecified atom stereocenters. The molecule has 4 aromatic rings. The van der Waals surface area contributed by atoms with Crippen molar-refractivity contribution in [3.05, 3.63) is 66.7 Å². The third kappa shape index (κ3) is 4.44. The number of nitrogens with one attached hydrogen (secondary N) is 1. The third-order valence-electron chi connectivity index (χ3n) is 5.30. The number of para-hydroxylation sites is 1. The second-order valence-electron chi connectivity index (χ2n) is 7.43. The first kappa shape index (κ1) is 20.6. The SMILES string of the molecule is CCC(N)CNc1nc(-c2cc(-c3cccc(OC)c3)ccc2O)nc2ccccc12. The molecule has 0 aliphatic rings. The van der Waals surface area contributed by atoms with Gasteiger partial charge in [-0.1, -0.05) is 37.3 Å². The van der Waals surface area contributed by atoms with Crippen LogP contribution in [0.5, 0.6) is 11.5 Å². The topological polar surface area (TPSA) is 93.3 Å². The van der Waals surface area contributed by atoms with Crippen molar-refractivity contribution in [2.24, 2.45) is 5.73 Å². The van der Waals surface area contributed by atoms with Crippen LogP contribution in [0.1, 0.15) is 13.3 Å². The summed E-state index contributed by atoms with van der Waals surface area (Å²) in [5.41, 5.74) is 9.37. The fraction of sp³-hybridized carbons (Fsp3) is 0.200. The van der Waals surface area contributed by atoms with E-state index >= 15 is 0 Å². The Balaban J connectivity index is 1.80. The Labute approximate surface area is 181 Å². The number of fused-ring (bicyclic) bond motifs is 1. The molecule has 4 N–H and O–H groups in total. The Kier molecular flexibility index (Phi) is 6.00. The summed E-state index contributed by atoms with van der Waals surface area (Å²) < 4.78 is 5.34. The second kappa shape index (κ2) is 9.02. The van der Waals surface area contributed by atoms with Gasteiger partial charge in [0, 0.05) is 18.0 Å². The zero-order valence-corrected chi connectivity index (χ0v) is 17.7. The van der Waals surface area contributed by atoms with Crippen LogP contribution in [0.15, 0.2) is 66.7 Å². The summed E-state index contributed by atoms with van der Waals surface area (Å²) in [7, 11) is 1.64. The molecule has 4 rings (SSSR count). The number of rotatable bonds is 7. The lowest BCUT2D eigenvalue weighted by atomic mass is 10.0. The minimum Gasteiger partial charge on any atom is -0.507 e. The van der Waals surface area contributed by atoms with Gasteiger partial charge in [-0.15, -0.1) is 0 Å². The maximum absolute atomic E-state index is 10.6. The number of methoxy groups -OCH3 is 1. The molecule has 6 nitrogen and oxygen atoms in total. The van der Waals surface area contributed by atoms with Gasteiger partial charge in [-0.25, -0.2) is 9.97 Å². The molecule has 0 fully saturated rings. The molecule has 1 atom stereocenters. The molecular weight excluding hydrogens is 388 g/mol. The van der Waals surface area contributed by atoms with E-state index in [0.717, 1.165) is 34.2 Å². The van der Waals surface area contributed by atoms with Crippen molar-refractivity contribution in [2.45, 2.75) is 19.4 Å². The van der Waals surface area contributed by atoms with Crippen molar-refractivity contribution in [1.29, 1.82) is 0 Å². The van der Waals surface area contributed by atoms with Crippen LogP contribution in [0.2, 0.25) is 0 Å². The number of nitrogens with two attached hydrogens (primary N) is 1. The number of aromatic nitrogens is 2. The normalized spacial score (nSPS) is 12.0. The quantitative estimate of drug-likeness (QED) is 0.401. The predicted octanol–water partition coefficient (Wildman–Crippen LogP) is 4.83. The third-order valence-corrected chi connectivity index (χ3v) is 5.30. The van der Waals surface area contributed by atoms with Crippen molar-refractivity contribution in [3.8, 4) is 34.0 Å². The minimum absolute atomic E-state index is 0.0296. The van der Waals surface area contributed by atoms with Crippen molar-refractivity contribution in [1.82, 2.24) is 9.97 Å². The zero-order chi connectivity index (χ0) is 21.8. The summed E-state index contributed by atoms with van der Waals surface area (Å²) in [5.74, 6) is 2.05. The molecule has 0 saturated carbocycles. The van der Waals surface area contributed by atoms with E-state index in [4.69, 9.17) is 20.4 Å². The predicted molar refractivity (Wildman–Crippen MR) is 125 cm³/mol. The Morgan fingerprint density at radius 3 is 2.61 bits per heavy atom. The number of nitrogens with zero attached hydrogens (tertiary/aromatic N) is 2. The fourth-order valence-electron chi connectivity index (χ4n) is 3.40. The van der Waals surface area contributed by atoms with Crippen LogP contribution in [0, 0.1) is 0 Å². The van der Waals surface area contributed by atoms with Crippen molar-refractivity contribution >= 4 is 16.7 Å². The van der Waals surface area contributed by atoms with Crippen LogP contribution in [0.3, 0.4) is 0 Å². The molecule has 0 aliphatic heterocycles. The number of phenolic OH excluding ortho intramolecular Hbond substituents is 1. The lowest BCUT2D eigenvalue weighted by Gasteiger charge is -2.15. The molecule has 6 heteroatoms. The number of aromatic hydroxyl groups is 1. The Bertz CT molecular complexity index is 1210. The summed E-state index contributed by atoms with van der Waals surface area (Å²) in [6.45, 7) is 2.66. The fourth-order valence-corrected chi connectivity index (χ4v) is 3.40. The molecule has 31 heavy (non-hydrogen) atoms. The molecule has 3 aromatic carbocycles. The highest BCUT2D eigenvalue weighted by atomic mass is 16.5. The van der Waals surface area contributed by atoms with Gasteiger partial charge in [-0.2, -0.15) is 0 Å². The van der Waals surface area contributed by atoms with Gasteiger partial charge < -0.3 is 20.9 Å². The molecule has 1 heterocycles. The van der Waals surface area contributed by atoms with Gasteiger partial charge in [0.25, 0.3) is 0 Å². The smallest absolute Gasteiger partial charge is 0.165 e. The van der Waals surface area contributed by atoms with Crippen LogP contribution in [-0.4, -0.2) is 34.8 Å². The summed E-state index contributed by atoms with van der Waals surface area (Å²) in [6, 6.07) is 21.1. The van der Waals surface area contributed by atoms with Crippen LogP contribution < -0.4 is 15.8 Å². The van der Waals surface area contributed by atoms with Crippen LogP contribution in [-0.2, 0) is 0 Å². The highest BCUT2D eigenvalue weighted by Gasteiger charge is 2.14. The van der Waals surface area contributed by atoms with Crippen LogP contribution in [0.25, 0.3) is 33.4 Å². The first-order valence-corrected chi connectivity index (χ1v) is 10.3. The molecule has 0 bridgehead atoms. The molecule has 0 amide bonds. The van der Waals surface area contributed by atoms with Gasteiger partial charge in [-0.05, 0) is 53.9 Å². The first-order valence-electron chi connectivity index (χ1n) is 10.3. The minimum atomic E-state index is 0.0296. The first-order chi connectivity index (χ1) is 15.1. The standard InChI is InChI=1S/C25H26N4O2/c1-3-18(26)15-27-24-20-9-4-5-10-22(20)28-25(29-24)21-14-17(11-12-23(21)30)16-7-6-8-19(13-16)31-2/h4-14,18,30H,3,15,26H2,1-2H3,(H,27,28,29). The lowest BCUT2D eigenvalue weighted by Crippen LogP contribution is -2.28. The molecule has 0 spiro atoms. The van der Waals surface area contributed by atoms with Crippen LogP contribution in [0.4, 0.5) is 5.82 Å². The highest BCUT2D eigenvalue weighted by molar-refractivity contribution is 5.91. The number of phenols is 1. The van der Waals surface area contributed by atoms with E-state index in [1.807, 2.05) is 60.7 Å². The van der Waals surface area contributed by atoms with Crippen molar-refractivity contribution in [2.75, 3.05) is 19.0 Å². The van der Waals surface area contributed by atoms with Gasteiger partial charge in [-0.3, -0.25) is 0 Å². The Morgan fingerprint density at radius 2 is 1.81 bits per heavy atom. The molecule has 0 radical (unpaired) electrons. The van der Waals surface area contributed by atoms with Crippen molar-refractivity contribution < 1.29 is 9.84 Å². The number of hydrogen-bond donors (Lipinski definition) is 3. The molecule has 0 aliphatic carbocycles.